The molecule has 1 aromatic rings. The number of nitrogens with one attached hydrogen (secondary N) is 1. The average Bonchev–Trinajstić information content (AvgIpc) is 3.16. The van der Waals surface area contributed by atoms with E-state index >= 15 is 0 Å². The monoisotopic (exact) mass is 345 g/mol. The van der Waals surface area contributed by atoms with Gasteiger partial charge in [0.2, 0.25) is 6.79 Å². The Labute approximate surface area is 151 Å². The van der Waals surface area contributed by atoms with Gasteiger partial charge in [-0.25, -0.2) is 0 Å². The molecule has 1 aliphatic carbocycles. The van der Waals surface area contributed by atoms with Crippen LogP contribution >= 0.6 is 0 Å². The molecule has 0 unspecified atom stereocenters. The number of rotatable bonds is 5. The van der Waals surface area contributed by atoms with Crippen molar-refractivity contribution in [1.29, 1.82) is 0 Å². The molecule has 0 atom stereocenters. The van der Waals surface area contributed by atoms with Crippen LogP contribution in [-0.2, 0) is 0 Å². The van der Waals surface area contributed by atoms with Crippen LogP contribution < -0.4 is 19.7 Å². The third-order valence-electron chi connectivity index (χ3n) is 6.20. The average molecular weight is 345 g/mol. The minimum atomic E-state index is 0.349. The van der Waals surface area contributed by atoms with Crippen LogP contribution in [0.15, 0.2) is 18.2 Å². The third-order valence-corrected chi connectivity index (χ3v) is 6.20. The lowest BCUT2D eigenvalue weighted by molar-refractivity contribution is 0.173. The molecule has 4 rings (SSSR count). The molecule has 5 heteroatoms. The Kier molecular flexibility index (Phi) is 5.32. The molecule has 0 aromatic heterocycles. The van der Waals surface area contributed by atoms with E-state index in [1.54, 1.807) is 0 Å². The molecular weight excluding hydrogens is 314 g/mol. The van der Waals surface area contributed by atoms with Crippen LogP contribution in [0.2, 0.25) is 0 Å². The maximum absolute atomic E-state index is 5.67. The third kappa shape index (κ3) is 3.87. The first-order valence-electron chi connectivity index (χ1n) is 9.86. The highest BCUT2D eigenvalue weighted by Gasteiger charge is 2.25. The van der Waals surface area contributed by atoms with Gasteiger partial charge < -0.3 is 19.7 Å². The standard InChI is InChI=1S/C20H31N3O2/c1-21-17-7-5-16(6-8-17)9-10-22-11-13-23(14-12-22)18-3-2-4-19-20(18)25-15-24-19/h2-4,16-17,21H,5-15H2,1H3. The molecule has 2 heterocycles. The highest BCUT2D eigenvalue weighted by atomic mass is 16.7. The molecule has 0 amide bonds. The smallest absolute Gasteiger partial charge is 0.231 e. The van der Waals surface area contributed by atoms with Gasteiger partial charge in [0.25, 0.3) is 0 Å². The highest BCUT2D eigenvalue weighted by Crippen LogP contribution is 2.41. The van der Waals surface area contributed by atoms with Gasteiger partial charge >= 0.3 is 0 Å². The number of piperazine rings is 1. The normalized spacial score (nSPS) is 26.8. The summed E-state index contributed by atoms with van der Waals surface area (Å²) in [5.41, 5.74) is 1.19. The van der Waals surface area contributed by atoms with Crippen LogP contribution in [0, 0.1) is 5.92 Å². The summed E-state index contributed by atoms with van der Waals surface area (Å²) in [4.78, 5) is 5.09. The lowest BCUT2D eigenvalue weighted by atomic mass is 9.84. The number of fused-ring (bicyclic) bond motifs is 1. The van der Waals surface area contributed by atoms with E-state index in [-0.39, 0.29) is 0 Å². The van der Waals surface area contributed by atoms with Crippen molar-refractivity contribution >= 4 is 5.69 Å². The van der Waals surface area contributed by atoms with E-state index in [1.807, 2.05) is 6.07 Å². The van der Waals surface area contributed by atoms with Crippen LogP contribution in [0.1, 0.15) is 32.1 Å². The summed E-state index contributed by atoms with van der Waals surface area (Å²) < 4.78 is 11.2. The van der Waals surface area contributed by atoms with Crippen molar-refractivity contribution < 1.29 is 9.47 Å². The van der Waals surface area contributed by atoms with Crippen LogP contribution in [-0.4, -0.2) is 57.5 Å². The van der Waals surface area contributed by atoms with Crippen LogP contribution in [0.5, 0.6) is 11.5 Å². The Bertz CT molecular complexity index is 564. The Morgan fingerprint density at radius 3 is 2.60 bits per heavy atom. The van der Waals surface area contributed by atoms with Crippen LogP contribution in [0.3, 0.4) is 0 Å². The molecule has 1 aromatic carbocycles. The Morgan fingerprint density at radius 1 is 1.04 bits per heavy atom. The molecule has 138 valence electrons. The zero-order valence-corrected chi connectivity index (χ0v) is 15.4. The van der Waals surface area contributed by atoms with E-state index < -0.39 is 0 Å². The van der Waals surface area contributed by atoms with Gasteiger partial charge in [-0.2, -0.15) is 0 Å². The lowest BCUT2D eigenvalue weighted by Gasteiger charge is -2.37. The van der Waals surface area contributed by atoms with Gasteiger partial charge in [0.15, 0.2) is 11.5 Å². The van der Waals surface area contributed by atoms with Crippen molar-refractivity contribution in [2.45, 2.75) is 38.1 Å². The van der Waals surface area contributed by atoms with Gasteiger partial charge in [0, 0.05) is 32.2 Å². The first-order valence-corrected chi connectivity index (χ1v) is 9.86. The molecule has 0 spiro atoms. The molecular formula is C20H31N3O2. The Hall–Kier alpha value is -1.46. The number of anilines is 1. The maximum Gasteiger partial charge on any atom is 0.231 e. The minimum absolute atomic E-state index is 0.349. The Balaban J connectivity index is 1.23. The zero-order valence-electron chi connectivity index (χ0n) is 15.4. The van der Waals surface area contributed by atoms with Crippen molar-refractivity contribution in [3.63, 3.8) is 0 Å². The molecule has 1 saturated carbocycles. The molecule has 1 saturated heterocycles. The molecule has 5 nitrogen and oxygen atoms in total. The largest absolute Gasteiger partial charge is 0.454 e. The first kappa shape index (κ1) is 17.0. The summed E-state index contributed by atoms with van der Waals surface area (Å²) in [5.74, 6) is 2.75. The number of benzene rings is 1. The van der Waals surface area contributed by atoms with E-state index in [9.17, 15) is 0 Å². The van der Waals surface area contributed by atoms with Gasteiger partial charge in [0.1, 0.15) is 0 Å². The van der Waals surface area contributed by atoms with Crippen LogP contribution in [0.4, 0.5) is 5.69 Å². The van der Waals surface area contributed by atoms with Gasteiger partial charge in [-0.3, -0.25) is 4.90 Å². The summed E-state index contributed by atoms with van der Waals surface area (Å²) in [6.45, 7) is 6.06. The van der Waals surface area contributed by atoms with E-state index in [0.717, 1.165) is 49.6 Å². The van der Waals surface area contributed by atoms with Crippen molar-refractivity contribution in [1.82, 2.24) is 10.2 Å². The number of hydrogen-bond donors (Lipinski definition) is 1. The summed E-state index contributed by atoms with van der Waals surface area (Å²) in [5, 5.41) is 3.43. The summed E-state index contributed by atoms with van der Waals surface area (Å²) in [7, 11) is 2.10. The quantitative estimate of drug-likeness (QED) is 0.888. The topological polar surface area (TPSA) is 37.0 Å². The van der Waals surface area contributed by atoms with Gasteiger partial charge in [-0.1, -0.05) is 6.07 Å². The predicted molar refractivity (Wildman–Crippen MR) is 101 cm³/mol. The second kappa shape index (κ2) is 7.83. The summed E-state index contributed by atoms with van der Waals surface area (Å²) in [6, 6.07) is 6.98. The predicted octanol–water partition coefficient (Wildman–Crippen LogP) is 2.71. The van der Waals surface area contributed by atoms with Gasteiger partial charge in [0.05, 0.1) is 5.69 Å². The van der Waals surface area contributed by atoms with Crippen molar-refractivity contribution in [3.05, 3.63) is 18.2 Å². The van der Waals surface area contributed by atoms with E-state index in [2.05, 4.69) is 34.3 Å². The lowest BCUT2D eigenvalue weighted by Crippen LogP contribution is -2.47. The fourth-order valence-corrected chi connectivity index (χ4v) is 4.48. The van der Waals surface area contributed by atoms with E-state index in [0.29, 0.717) is 6.79 Å². The van der Waals surface area contributed by atoms with Crippen molar-refractivity contribution in [2.24, 2.45) is 5.92 Å². The second-order valence-electron chi connectivity index (χ2n) is 7.63. The fraction of sp³-hybridized carbons (Fsp3) is 0.700. The molecule has 2 fully saturated rings. The summed E-state index contributed by atoms with van der Waals surface area (Å²) >= 11 is 0. The molecule has 2 aliphatic heterocycles. The second-order valence-corrected chi connectivity index (χ2v) is 7.63. The van der Waals surface area contributed by atoms with E-state index in [4.69, 9.17) is 9.47 Å². The summed E-state index contributed by atoms with van der Waals surface area (Å²) in [6.07, 6.45) is 6.89. The molecule has 25 heavy (non-hydrogen) atoms. The molecule has 0 bridgehead atoms. The van der Waals surface area contributed by atoms with Crippen LogP contribution in [0.25, 0.3) is 0 Å². The number of hydrogen-bond acceptors (Lipinski definition) is 5. The maximum atomic E-state index is 5.67. The molecule has 3 aliphatic rings. The fourth-order valence-electron chi connectivity index (χ4n) is 4.48. The number of para-hydroxylation sites is 1. The van der Waals surface area contributed by atoms with Gasteiger partial charge in [-0.15, -0.1) is 0 Å². The zero-order chi connectivity index (χ0) is 17.1. The van der Waals surface area contributed by atoms with Crippen molar-refractivity contribution in [2.75, 3.05) is 51.5 Å². The Morgan fingerprint density at radius 2 is 1.84 bits per heavy atom. The first-order chi connectivity index (χ1) is 12.3. The molecule has 0 radical (unpaired) electrons. The number of ether oxygens (including phenoxy) is 2. The van der Waals surface area contributed by atoms with Crippen molar-refractivity contribution in [3.8, 4) is 11.5 Å². The van der Waals surface area contributed by atoms with Gasteiger partial charge in [-0.05, 0) is 63.7 Å². The SMILES string of the molecule is CNC1CCC(CCN2CCN(c3cccc4c3OCO4)CC2)CC1. The highest BCUT2D eigenvalue weighted by molar-refractivity contribution is 5.65. The minimum Gasteiger partial charge on any atom is -0.454 e. The molecule has 1 N–H and O–H groups in total. The van der Waals surface area contributed by atoms with E-state index in [1.165, 1.54) is 44.3 Å². The number of nitrogens with zero attached hydrogens (tertiary/aromatic N) is 2.